The van der Waals surface area contributed by atoms with Gasteiger partial charge in [0.05, 0.1) is 17.7 Å². The maximum absolute atomic E-state index is 13.5. The molecule has 0 bridgehead atoms. The van der Waals surface area contributed by atoms with Crippen molar-refractivity contribution in [3.05, 3.63) is 88.8 Å². The van der Waals surface area contributed by atoms with Crippen molar-refractivity contribution in [2.24, 2.45) is 0 Å². The molecule has 0 radical (unpaired) electrons. The number of urea groups is 1. The Labute approximate surface area is 203 Å². The number of piperazine rings is 1. The van der Waals surface area contributed by atoms with Crippen LogP contribution in [0.5, 0.6) is 0 Å². The number of hydrogen-bond acceptors (Lipinski definition) is 5. The molecular weight excluding hydrogens is 478 g/mol. The molecule has 1 saturated heterocycles. The first-order valence-electron chi connectivity index (χ1n) is 10.7. The van der Waals surface area contributed by atoms with Crippen molar-refractivity contribution in [3.63, 3.8) is 0 Å². The third-order valence-electron chi connectivity index (χ3n) is 5.61. The molecule has 0 unspecified atom stereocenters. The Morgan fingerprint density at radius 1 is 0.971 bits per heavy atom. The van der Waals surface area contributed by atoms with Crippen molar-refractivity contribution in [1.29, 1.82) is 0 Å². The third kappa shape index (κ3) is 5.10. The molecule has 8 nitrogen and oxygen atoms in total. The number of nitrogens with zero attached hydrogens (tertiary/aromatic N) is 3. The van der Waals surface area contributed by atoms with Gasteiger partial charge in [-0.25, -0.2) is 17.5 Å². The van der Waals surface area contributed by atoms with Crippen LogP contribution in [-0.2, 0) is 16.6 Å². The molecule has 3 aromatic rings. The van der Waals surface area contributed by atoms with Crippen LogP contribution in [-0.4, -0.2) is 60.6 Å². The van der Waals surface area contributed by atoms with E-state index in [0.29, 0.717) is 10.6 Å². The van der Waals surface area contributed by atoms with E-state index in [-0.39, 0.29) is 49.3 Å². The van der Waals surface area contributed by atoms with Gasteiger partial charge in [0.15, 0.2) is 5.76 Å². The van der Waals surface area contributed by atoms with Crippen LogP contribution in [0.15, 0.2) is 76.2 Å². The number of carbonyl (C=O) groups excluding carboxylic acids is 2. The van der Waals surface area contributed by atoms with Gasteiger partial charge in [-0.15, -0.1) is 0 Å². The number of furan rings is 1. The molecular formula is C24H24ClN3O5S. The van der Waals surface area contributed by atoms with Crippen molar-refractivity contribution in [2.45, 2.75) is 18.4 Å². The van der Waals surface area contributed by atoms with Gasteiger partial charge in [0, 0.05) is 31.2 Å². The molecule has 178 valence electrons. The average Bonchev–Trinajstić information content (AvgIpc) is 3.37. The lowest BCUT2D eigenvalue weighted by molar-refractivity contribution is 0.0623. The van der Waals surface area contributed by atoms with E-state index >= 15 is 0 Å². The molecule has 1 fully saturated rings. The smallest absolute Gasteiger partial charge is 0.334 e. The summed E-state index contributed by atoms with van der Waals surface area (Å²) < 4.78 is 33.1. The number of carbonyl (C=O) groups is 2. The van der Waals surface area contributed by atoms with E-state index in [9.17, 15) is 18.0 Å². The summed E-state index contributed by atoms with van der Waals surface area (Å²) in [6, 6.07) is 15.7. The monoisotopic (exact) mass is 501 g/mol. The SMILES string of the molecule is Cc1ccc(S(=O)(=O)N(Cc2cccc(Cl)c2)C(=O)N2CCN(C(=O)c3ccco3)CC2)cc1. The van der Waals surface area contributed by atoms with E-state index in [4.69, 9.17) is 16.0 Å². The van der Waals surface area contributed by atoms with Crippen LogP contribution in [0.2, 0.25) is 5.02 Å². The lowest BCUT2D eigenvalue weighted by atomic mass is 10.2. The van der Waals surface area contributed by atoms with E-state index < -0.39 is 16.1 Å². The van der Waals surface area contributed by atoms with Crippen LogP contribution in [0.3, 0.4) is 0 Å². The third-order valence-corrected chi connectivity index (χ3v) is 7.58. The summed E-state index contributed by atoms with van der Waals surface area (Å²) in [5.74, 6) is -0.0375. The van der Waals surface area contributed by atoms with Crippen molar-refractivity contribution in [3.8, 4) is 0 Å². The molecule has 1 aliphatic heterocycles. The quantitative estimate of drug-likeness (QED) is 0.526. The van der Waals surface area contributed by atoms with Gasteiger partial charge in [-0.05, 0) is 48.9 Å². The second kappa shape index (κ2) is 9.90. The van der Waals surface area contributed by atoms with E-state index in [1.54, 1.807) is 53.4 Å². The van der Waals surface area contributed by atoms with Gasteiger partial charge < -0.3 is 14.2 Å². The molecule has 4 rings (SSSR count). The molecule has 0 N–H and O–H groups in total. The lowest BCUT2D eigenvalue weighted by Gasteiger charge is -2.37. The van der Waals surface area contributed by atoms with Crippen molar-refractivity contribution < 1.29 is 22.4 Å². The first-order valence-corrected chi connectivity index (χ1v) is 12.5. The number of rotatable bonds is 5. The Hall–Kier alpha value is -3.30. The zero-order valence-corrected chi connectivity index (χ0v) is 20.1. The minimum absolute atomic E-state index is 0.0279. The number of benzene rings is 2. The van der Waals surface area contributed by atoms with Crippen LogP contribution in [0.1, 0.15) is 21.7 Å². The Bertz CT molecular complexity index is 1270. The summed E-state index contributed by atoms with van der Waals surface area (Å²) in [4.78, 5) is 29.1. The normalized spacial score (nSPS) is 14.2. The highest BCUT2D eigenvalue weighted by molar-refractivity contribution is 7.89. The van der Waals surface area contributed by atoms with Crippen molar-refractivity contribution in [1.82, 2.24) is 14.1 Å². The fourth-order valence-corrected chi connectivity index (χ4v) is 5.30. The summed E-state index contributed by atoms with van der Waals surface area (Å²) >= 11 is 6.08. The lowest BCUT2D eigenvalue weighted by Crippen LogP contribution is -2.54. The summed E-state index contributed by atoms with van der Waals surface area (Å²) in [6.07, 6.45) is 1.43. The fraction of sp³-hybridized carbons (Fsp3) is 0.250. The molecule has 1 aromatic heterocycles. The molecule has 2 aromatic carbocycles. The number of halogens is 1. The number of sulfonamides is 1. The molecule has 34 heavy (non-hydrogen) atoms. The Morgan fingerprint density at radius 2 is 1.65 bits per heavy atom. The highest BCUT2D eigenvalue weighted by atomic mass is 35.5. The average molecular weight is 502 g/mol. The van der Waals surface area contributed by atoms with Crippen LogP contribution < -0.4 is 0 Å². The number of aryl methyl sites for hydroxylation is 1. The van der Waals surface area contributed by atoms with E-state index in [1.165, 1.54) is 23.3 Å². The minimum atomic E-state index is -4.14. The van der Waals surface area contributed by atoms with E-state index in [1.807, 2.05) is 6.92 Å². The van der Waals surface area contributed by atoms with Gasteiger partial charge in [0.1, 0.15) is 0 Å². The second-order valence-corrected chi connectivity index (χ2v) is 10.3. The molecule has 1 aliphatic rings. The van der Waals surface area contributed by atoms with Crippen LogP contribution in [0.4, 0.5) is 4.79 Å². The molecule has 3 amide bonds. The van der Waals surface area contributed by atoms with Gasteiger partial charge in [-0.3, -0.25) is 4.79 Å². The first-order chi connectivity index (χ1) is 16.3. The van der Waals surface area contributed by atoms with Crippen LogP contribution in [0, 0.1) is 6.92 Å². The summed E-state index contributed by atoms with van der Waals surface area (Å²) in [6.45, 7) is 2.61. The second-order valence-electron chi connectivity index (χ2n) is 7.99. The maximum Gasteiger partial charge on any atom is 0.334 e. The van der Waals surface area contributed by atoms with Crippen LogP contribution >= 0.6 is 11.6 Å². The summed E-state index contributed by atoms with van der Waals surface area (Å²) in [5.41, 5.74) is 1.49. The topological polar surface area (TPSA) is 91.1 Å². The van der Waals surface area contributed by atoms with E-state index in [0.717, 1.165) is 9.87 Å². The Kier molecular flexibility index (Phi) is 6.95. The minimum Gasteiger partial charge on any atom is -0.459 e. The molecule has 0 saturated carbocycles. The highest BCUT2D eigenvalue weighted by Gasteiger charge is 2.35. The largest absolute Gasteiger partial charge is 0.459 e. The molecule has 10 heteroatoms. The predicted molar refractivity (Wildman–Crippen MR) is 127 cm³/mol. The highest BCUT2D eigenvalue weighted by Crippen LogP contribution is 2.23. The summed E-state index contributed by atoms with van der Waals surface area (Å²) in [5, 5.41) is 0.447. The summed E-state index contributed by atoms with van der Waals surface area (Å²) in [7, 11) is -4.14. The molecule has 0 aliphatic carbocycles. The standard InChI is InChI=1S/C24H24ClN3O5S/c1-18-7-9-21(10-8-18)34(31,32)28(17-19-4-2-5-20(25)16-19)24(30)27-13-11-26(12-14-27)23(29)22-6-3-15-33-22/h2-10,15-16H,11-14,17H2,1H3. The zero-order valence-electron chi connectivity index (χ0n) is 18.6. The van der Waals surface area contributed by atoms with Crippen molar-refractivity contribution in [2.75, 3.05) is 26.2 Å². The van der Waals surface area contributed by atoms with Gasteiger partial charge in [-0.2, -0.15) is 0 Å². The number of hydrogen-bond donors (Lipinski definition) is 0. The Morgan fingerprint density at radius 3 is 2.26 bits per heavy atom. The van der Waals surface area contributed by atoms with Gasteiger partial charge in [0.25, 0.3) is 15.9 Å². The number of amides is 3. The molecule has 0 spiro atoms. The van der Waals surface area contributed by atoms with Gasteiger partial charge in [0.2, 0.25) is 0 Å². The fourth-order valence-electron chi connectivity index (χ4n) is 3.71. The predicted octanol–water partition coefficient (Wildman–Crippen LogP) is 4.01. The Balaban J connectivity index is 1.56. The maximum atomic E-state index is 13.5. The van der Waals surface area contributed by atoms with E-state index in [2.05, 4.69) is 0 Å². The van der Waals surface area contributed by atoms with Crippen LogP contribution in [0.25, 0.3) is 0 Å². The van der Waals surface area contributed by atoms with Crippen molar-refractivity contribution >= 4 is 33.6 Å². The van der Waals surface area contributed by atoms with Gasteiger partial charge >= 0.3 is 6.03 Å². The van der Waals surface area contributed by atoms with Gasteiger partial charge in [-0.1, -0.05) is 41.4 Å². The zero-order chi connectivity index (χ0) is 24.3. The molecule has 2 heterocycles. The molecule has 0 atom stereocenters. The first kappa shape index (κ1) is 23.8.